The first-order chi connectivity index (χ1) is 15.6. The quantitative estimate of drug-likeness (QED) is 0.429. The van der Waals surface area contributed by atoms with Crippen molar-refractivity contribution >= 4 is 5.91 Å². The smallest absolute Gasteiger partial charge is 0.249 e. The number of amides is 1. The van der Waals surface area contributed by atoms with Gasteiger partial charge in [0.05, 0.1) is 11.4 Å². The molecule has 0 aliphatic rings. The van der Waals surface area contributed by atoms with Gasteiger partial charge in [0.25, 0.3) is 0 Å². The highest BCUT2D eigenvalue weighted by molar-refractivity contribution is 5.95. The van der Waals surface area contributed by atoms with E-state index in [1.807, 2.05) is 66.1 Å². The minimum absolute atomic E-state index is 0.464. The average Bonchev–Trinajstić information content (AvgIpc) is 3.23. The van der Waals surface area contributed by atoms with Gasteiger partial charge in [0.1, 0.15) is 5.82 Å². The third kappa shape index (κ3) is 4.29. The number of methoxy groups -OCH3 is 1. The molecule has 2 heterocycles. The van der Waals surface area contributed by atoms with E-state index in [1.54, 1.807) is 19.4 Å². The van der Waals surface area contributed by atoms with Gasteiger partial charge in [-0.15, -0.1) is 10.2 Å². The molecule has 0 radical (unpaired) electrons. The molecule has 7 heteroatoms. The van der Waals surface area contributed by atoms with Crippen LogP contribution in [0.4, 0.5) is 0 Å². The van der Waals surface area contributed by atoms with Crippen molar-refractivity contribution in [2.45, 2.75) is 19.8 Å². The molecule has 2 N–H and O–H groups in total. The summed E-state index contributed by atoms with van der Waals surface area (Å²) >= 11 is 0. The van der Waals surface area contributed by atoms with Crippen molar-refractivity contribution in [3.63, 3.8) is 0 Å². The largest absolute Gasteiger partial charge is 0.385 e. The van der Waals surface area contributed by atoms with Crippen LogP contribution in [0.1, 0.15) is 28.2 Å². The molecule has 0 saturated heterocycles. The third-order valence-corrected chi connectivity index (χ3v) is 5.38. The summed E-state index contributed by atoms with van der Waals surface area (Å²) in [6, 6.07) is 19.5. The molecule has 4 rings (SSSR count). The van der Waals surface area contributed by atoms with E-state index in [1.165, 1.54) is 0 Å². The van der Waals surface area contributed by atoms with Crippen LogP contribution in [-0.4, -0.2) is 39.4 Å². The number of carbonyl (C=O) groups is 1. The molecule has 0 spiro atoms. The van der Waals surface area contributed by atoms with Crippen LogP contribution < -0.4 is 5.73 Å². The lowest BCUT2D eigenvalue weighted by molar-refractivity contribution is 0.0999. The number of carbonyl (C=O) groups excluding carboxylic acids is 1. The molecule has 2 aromatic carbocycles. The second-order valence-corrected chi connectivity index (χ2v) is 7.48. The molecule has 0 saturated carbocycles. The predicted molar refractivity (Wildman–Crippen MR) is 123 cm³/mol. The summed E-state index contributed by atoms with van der Waals surface area (Å²) in [5.41, 5.74) is 10.4. The Labute approximate surface area is 186 Å². The molecule has 1 amide bonds. The lowest BCUT2D eigenvalue weighted by atomic mass is 10.1. The zero-order valence-corrected chi connectivity index (χ0v) is 18.2. The lowest BCUT2D eigenvalue weighted by Crippen LogP contribution is -2.15. The van der Waals surface area contributed by atoms with Gasteiger partial charge >= 0.3 is 0 Å². The molecular weight excluding hydrogens is 402 g/mol. The molecule has 2 aromatic heterocycles. The van der Waals surface area contributed by atoms with Crippen LogP contribution in [0.5, 0.6) is 0 Å². The van der Waals surface area contributed by atoms with Crippen molar-refractivity contribution in [1.82, 2.24) is 19.7 Å². The van der Waals surface area contributed by atoms with E-state index < -0.39 is 5.91 Å². The number of hydrogen-bond acceptors (Lipinski definition) is 5. The normalized spacial score (nSPS) is 10.9. The van der Waals surface area contributed by atoms with Gasteiger partial charge in [-0.1, -0.05) is 36.4 Å². The highest BCUT2D eigenvalue weighted by Crippen LogP contribution is 2.28. The number of nitrogens with two attached hydrogens (primary N) is 1. The van der Waals surface area contributed by atoms with E-state index in [2.05, 4.69) is 15.2 Å². The van der Waals surface area contributed by atoms with Gasteiger partial charge in [-0.3, -0.25) is 14.3 Å². The van der Waals surface area contributed by atoms with E-state index in [9.17, 15) is 4.79 Å². The lowest BCUT2D eigenvalue weighted by Gasteiger charge is -2.15. The van der Waals surface area contributed by atoms with Crippen molar-refractivity contribution in [2.24, 2.45) is 5.73 Å². The maximum Gasteiger partial charge on any atom is 0.249 e. The number of rotatable bonds is 8. The topological polar surface area (TPSA) is 95.9 Å². The van der Waals surface area contributed by atoms with E-state index in [0.717, 1.165) is 40.3 Å². The Balaban J connectivity index is 1.80. The first kappa shape index (κ1) is 21.4. The average molecular weight is 428 g/mol. The van der Waals surface area contributed by atoms with Gasteiger partial charge in [-0.2, -0.15) is 0 Å². The highest BCUT2D eigenvalue weighted by Gasteiger charge is 2.19. The minimum atomic E-state index is -0.464. The van der Waals surface area contributed by atoms with Gasteiger partial charge in [-0.25, -0.2) is 0 Å². The fourth-order valence-corrected chi connectivity index (χ4v) is 3.73. The Hall–Kier alpha value is -3.84. The van der Waals surface area contributed by atoms with Crippen LogP contribution in [0, 0.1) is 6.92 Å². The van der Waals surface area contributed by atoms with Gasteiger partial charge < -0.3 is 10.5 Å². The Morgan fingerprint density at radius 1 is 1.00 bits per heavy atom. The van der Waals surface area contributed by atoms with E-state index in [-0.39, 0.29) is 0 Å². The summed E-state index contributed by atoms with van der Waals surface area (Å²) in [6.45, 7) is 2.50. The van der Waals surface area contributed by atoms with Gasteiger partial charge in [0.2, 0.25) is 5.91 Å². The molecule has 0 fully saturated rings. The standard InChI is InChI=1S/C25H25N5O2/c1-17-20(24(26)31)10-6-11-22(17)30-23(12-7-15-32-2)28-29-25(30)19-13-14-21(27-16-19)18-8-4-3-5-9-18/h3-6,8-11,13-14,16H,7,12,15H2,1-2H3,(H2,26,31). The summed E-state index contributed by atoms with van der Waals surface area (Å²) in [4.78, 5) is 16.6. The number of ether oxygens (including phenoxy) is 1. The molecule has 0 aliphatic heterocycles. The first-order valence-electron chi connectivity index (χ1n) is 10.4. The van der Waals surface area contributed by atoms with Crippen LogP contribution in [-0.2, 0) is 11.2 Å². The van der Waals surface area contributed by atoms with Gasteiger partial charge in [0, 0.05) is 43.0 Å². The van der Waals surface area contributed by atoms with E-state index in [0.29, 0.717) is 24.4 Å². The second kappa shape index (κ2) is 9.53. The van der Waals surface area contributed by atoms with Crippen molar-refractivity contribution < 1.29 is 9.53 Å². The highest BCUT2D eigenvalue weighted by atomic mass is 16.5. The summed E-state index contributed by atoms with van der Waals surface area (Å²) in [5.74, 6) is 0.983. The van der Waals surface area contributed by atoms with Crippen LogP contribution in [0.3, 0.4) is 0 Å². The maximum atomic E-state index is 11.9. The molecular formula is C25H25N5O2. The van der Waals surface area contributed by atoms with E-state index in [4.69, 9.17) is 10.5 Å². The Bertz CT molecular complexity index is 1220. The molecule has 7 nitrogen and oxygen atoms in total. The molecule has 32 heavy (non-hydrogen) atoms. The number of benzene rings is 2. The van der Waals surface area contributed by atoms with Crippen LogP contribution in [0.25, 0.3) is 28.3 Å². The number of pyridine rings is 1. The Morgan fingerprint density at radius 3 is 2.50 bits per heavy atom. The fourth-order valence-electron chi connectivity index (χ4n) is 3.73. The van der Waals surface area contributed by atoms with Crippen LogP contribution >= 0.6 is 0 Å². The first-order valence-corrected chi connectivity index (χ1v) is 10.4. The Kier molecular flexibility index (Phi) is 6.37. The SMILES string of the molecule is COCCCc1nnc(-c2ccc(-c3ccccc3)nc2)n1-c1cccc(C(N)=O)c1C. The number of primary amides is 1. The minimum Gasteiger partial charge on any atom is -0.385 e. The zero-order chi connectivity index (χ0) is 22.5. The van der Waals surface area contributed by atoms with Crippen molar-refractivity contribution in [3.05, 3.63) is 83.8 Å². The molecule has 0 bridgehead atoms. The number of nitrogens with zero attached hydrogens (tertiary/aromatic N) is 4. The summed E-state index contributed by atoms with van der Waals surface area (Å²) < 4.78 is 7.18. The van der Waals surface area contributed by atoms with Gasteiger partial charge in [-0.05, 0) is 43.2 Å². The molecule has 0 atom stereocenters. The maximum absolute atomic E-state index is 11.9. The van der Waals surface area contributed by atoms with Crippen molar-refractivity contribution in [1.29, 1.82) is 0 Å². The molecule has 162 valence electrons. The number of aromatic nitrogens is 4. The second-order valence-electron chi connectivity index (χ2n) is 7.48. The number of aryl methyl sites for hydroxylation is 1. The summed E-state index contributed by atoms with van der Waals surface area (Å²) in [6.07, 6.45) is 3.28. The Morgan fingerprint density at radius 2 is 1.81 bits per heavy atom. The van der Waals surface area contributed by atoms with Crippen molar-refractivity contribution in [2.75, 3.05) is 13.7 Å². The number of hydrogen-bond donors (Lipinski definition) is 1. The summed E-state index contributed by atoms with van der Waals surface area (Å²) in [7, 11) is 1.68. The third-order valence-electron chi connectivity index (χ3n) is 5.38. The monoisotopic (exact) mass is 427 g/mol. The summed E-state index contributed by atoms with van der Waals surface area (Å²) in [5, 5.41) is 8.93. The predicted octanol–water partition coefficient (Wildman–Crippen LogP) is 3.98. The van der Waals surface area contributed by atoms with Gasteiger partial charge in [0.15, 0.2) is 5.82 Å². The van der Waals surface area contributed by atoms with Crippen molar-refractivity contribution in [3.8, 4) is 28.3 Å². The fraction of sp³-hybridized carbons (Fsp3) is 0.200. The molecule has 0 unspecified atom stereocenters. The van der Waals surface area contributed by atoms with E-state index >= 15 is 0 Å². The molecule has 4 aromatic rings. The van der Waals surface area contributed by atoms with Crippen LogP contribution in [0.15, 0.2) is 66.9 Å². The molecule has 0 aliphatic carbocycles. The zero-order valence-electron chi connectivity index (χ0n) is 18.2. The van der Waals surface area contributed by atoms with Crippen LogP contribution in [0.2, 0.25) is 0 Å².